The van der Waals surface area contributed by atoms with Crippen LogP contribution in [-0.4, -0.2) is 55.6 Å². The molecule has 3 aromatic rings. The van der Waals surface area contributed by atoms with Gasteiger partial charge >= 0.3 is 0 Å². The molecule has 0 spiro atoms. The van der Waals surface area contributed by atoms with Crippen molar-refractivity contribution in [2.45, 2.75) is 19.5 Å². The molecule has 7 nitrogen and oxygen atoms in total. The number of aromatic nitrogens is 2. The van der Waals surface area contributed by atoms with Crippen LogP contribution in [-0.2, 0) is 11.3 Å². The molecular formula is C23H28N4O3. The maximum atomic E-state index is 5.98. The molecule has 2 aromatic carbocycles. The second-order valence-corrected chi connectivity index (χ2v) is 7.49. The van der Waals surface area contributed by atoms with Crippen molar-refractivity contribution in [2.75, 3.05) is 45.4 Å². The van der Waals surface area contributed by atoms with Crippen molar-refractivity contribution in [1.29, 1.82) is 0 Å². The summed E-state index contributed by atoms with van der Waals surface area (Å²) in [7, 11) is 3.73. The van der Waals surface area contributed by atoms with Gasteiger partial charge < -0.3 is 18.8 Å². The molecule has 1 saturated heterocycles. The first kappa shape index (κ1) is 20.4. The number of para-hydroxylation sites is 1. The third-order valence-electron chi connectivity index (χ3n) is 5.56. The minimum atomic E-state index is -0.0118. The molecule has 0 N–H and O–H groups in total. The molecule has 2 heterocycles. The van der Waals surface area contributed by atoms with E-state index in [1.165, 1.54) is 11.3 Å². The smallest absolute Gasteiger partial charge is 0.247 e. The summed E-state index contributed by atoms with van der Waals surface area (Å²) in [4.78, 5) is 4.62. The quantitative estimate of drug-likeness (QED) is 0.590. The van der Waals surface area contributed by atoms with Crippen LogP contribution in [0.2, 0.25) is 0 Å². The molecular weight excluding hydrogens is 380 g/mol. The van der Waals surface area contributed by atoms with E-state index >= 15 is 0 Å². The number of hydrogen-bond donors (Lipinski definition) is 0. The van der Waals surface area contributed by atoms with E-state index in [1.807, 2.05) is 24.3 Å². The van der Waals surface area contributed by atoms with Crippen molar-refractivity contribution in [3.63, 3.8) is 0 Å². The van der Waals surface area contributed by atoms with Crippen molar-refractivity contribution in [3.05, 3.63) is 60.0 Å². The zero-order chi connectivity index (χ0) is 20.9. The van der Waals surface area contributed by atoms with Gasteiger partial charge in [-0.2, -0.15) is 0 Å². The summed E-state index contributed by atoms with van der Waals surface area (Å²) in [6, 6.07) is 16.2. The standard InChI is InChI=1S/C23H28N4O3/c1-17(22-24-25-23(30-22)18-8-10-20(28-3)11-9-18)26(2)16-19-6-4-5-7-21(19)27-12-14-29-15-13-27/h4-11,17H,12-16H2,1-3H3/t17-/m1/s1. The molecule has 0 radical (unpaired) electrons. The lowest BCUT2D eigenvalue weighted by Crippen LogP contribution is -2.37. The summed E-state index contributed by atoms with van der Waals surface area (Å²) >= 11 is 0. The summed E-state index contributed by atoms with van der Waals surface area (Å²) in [5, 5.41) is 8.53. The largest absolute Gasteiger partial charge is 0.497 e. The van der Waals surface area contributed by atoms with Crippen molar-refractivity contribution < 1.29 is 13.9 Å². The van der Waals surface area contributed by atoms with Crippen LogP contribution in [0, 0.1) is 0 Å². The number of hydrogen-bond acceptors (Lipinski definition) is 7. The van der Waals surface area contributed by atoms with Crippen molar-refractivity contribution >= 4 is 5.69 Å². The average molecular weight is 409 g/mol. The highest BCUT2D eigenvalue weighted by atomic mass is 16.5. The maximum absolute atomic E-state index is 5.98. The number of anilines is 1. The summed E-state index contributed by atoms with van der Waals surface area (Å²) in [5.74, 6) is 1.92. The average Bonchev–Trinajstić information content (AvgIpc) is 3.30. The second-order valence-electron chi connectivity index (χ2n) is 7.49. The summed E-state index contributed by atoms with van der Waals surface area (Å²) in [6.45, 7) is 6.27. The lowest BCUT2D eigenvalue weighted by molar-refractivity contribution is 0.122. The molecule has 0 saturated carbocycles. The van der Waals surface area contributed by atoms with Crippen LogP contribution in [0.25, 0.3) is 11.5 Å². The van der Waals surface area contributed by atoms with Gasteiger partial charge in [0, 0.05) is 30.9 Å². The fraction of sp³-hybridized carbons (Fsp3) is 0.391. The SMILES string of the molecule is COc1ccc(-c2nnc([C@@H](C)N(C)Cc3ccccc3N3CCOCC3)o2)cc1. The molecule has 7 heteroatoms. The number of morpholine rings is 1. The van der Waals surface area contributed by atoms with Gasteiger partial charge in [0.1, 0.15) is 5.75 Å². The van der Waals surface area contributed by atoms with Crippen molar-refractivity contribution in [1.82, 2.24) is 15.1 Å². The molecule has 0 amide bonds. The summed E-state index contributed by atoms with van der Waals surface area (Å²) in [5.41, 5.74) is 3.43. The molecule has 1 fully saturated rings. The van der Waals surface area contributed by atoms with Gasteiger partial charge in [0.25, 0.3) is 0 Å². The zero-order valence-corrected chi connectivity index (χ0v) is 17.7. The monoisotopic (exact) mass is 408 g/mol. The summed E-state index contributed by atoms with van der Waals surface area (Å²) < 4.78 is 16.7. The van der Waals surface area contributed by atoms with E-state index in [-0.39, 0.29) is 6.04 Å². The molecule has 1 aromatic heterocycles. The topological polar surface area (TPSA) is 63.9 Å². The first-order valence-electron chi connectivity index (χ1n) is 10.2. The molecule has 158 valence electrons. The van der Waals surface area contributed by atoms with Gasteiger partial charge in [-0.15, -0.1) is 10.2 Å². The van der Waals surface area contributed by atoms with Crippen LogP contribution >= 0.6 is 0 Å². The minimum Gasteiger partial charge on any atom is -0.497 e. The molecule has 1 aliphatic rings. The fourth-order valence-corrected chi connectivity index (χ4v) is 3.61. The molecule has 30 heavy (non-hydrogen) atoms. The lowest BCUT2D eigenvalue weighted by Gasteiger charge is -2.32. The van der Waals surface area contributed by atoms with Gasteiger partial charge in [-0.3, -0.25) is 4.90 Å². The Kier molecular flexibility index (Phi) is 6.30. The third-order valence-corrected chi connectivity index (χ3v) is 5.56. The third kappa shape index (κ3) is 4.47. The van der Waals surface area contributed by atoms with Crippen LogP contribution in [0.15, 0.2) is 52.9 Å². The van der Waals surface area contributed by atoms with E-state index in [2.05, 4.69) is 58.2 Å². The highest BCUT2D eigenvalue weighted by Crippen LogP contribution is 2.28. The number of nitrogens with zero attached hydrogens (tertiary/aromatic N) is 4. The Morgan fingerprint density at radius 1 is 1.07 bits per heavy atom. The number of ether oxygens (including phenoxy) is 2. The second kappa shape index (κ2) is 9.28. The molecule has 0 aliphatic carbocycles. The van der Waals surface area contributed by atoms with Crippen molar-refractivity contribution in [2.24, 2.45) is 0 Å². The van der Waals surface area contributed by atoms with E-state index < -0.39 is 0 Å². The Labute approximate surface area is 177 Å². The molecule has 1 atom stereocenters. The van der Waals surface area contributed by atoms with E-state index in [9.17, 15) is 0 Å². The number of benzene rings is 2. The van der Waals surface area contributed by atoms with Crippen LogP contribution in [0.1, 0.15) is 24.4 Å². The number of methoxy groups -OCH3 is 1. The predicted octanol–water partition coefficient (Wildman–Crippen LogP) is 3.77. The van der Waals surface area contributed by atoms with Crippen LogP contribution < -0.4 is 9.64 Å². The first-order chi connectivity index (χ1) is 14.7. The Hall–Kier alpha value is -2.90. The Morgan fingerprint density at radius 3 is 2.53 bits per heavy atom. The van der Waals surface area contributed by atoms with Gasteiger partial charge in [0.05, 0.1) is 26.4 Å². The highest BCUT2D eigenvalue weighted by molar-refractivity contribution is 5.55. The Bertz CT molecular complexity index is 951. The minimum absolute atomic E-state index is 0.0118. The fourth-order valence-electron chi connectivity index (χ4n) is 3.61. The lowest BCUT2D eigenvalue weighted by atomic mass is 10.1. The molecule has 0 bridgehead atoms. The predicted molar refractivity (Wildman–Crippen MR) is 116 cm³/mol. The molecule has 4 rings (SSSR count). The van der Waals surface area contributed by atoms with E-state index in [0.717, 1.165) is 44.2 Å². The first-order valence-corrected chi connectivity index (χ1v) is 10.2. The van der Waals surface area contributed by atoms with Gasteiger partial charge in [-0.25, -0.2) is 0 Å². The van der Waals surface area contributed by atoms with Gasteiger partial charge in [-0.1, -0.05) is 18.2 Å². The van der Waals surface area contributed by atoms with Gasteiger partial charge in [-0.05, 0) is 49.9 Å². The Morgan fingerprint density at radius 2 is 1.80 bits per heavy atom. The molecule has 1 aliphatic heterocycles. The normalized spacial score (nSPS) is 15.4. The summed E-state index contributed by atoms with van der Waals surface area (Å²) in [6.07, 6.45) is 0. The van der Waals surface area contributed by atoms with Crippen LogP contribution in [0.4, 0.5) is 5.69 Å². The highest BCUT2D eigenvalue weighted by Gasteiger charge is 2.21. The maximum Gasteiger partial charge on any atom is 0.247 e. The van der Waals surface area contributed by atoms with E-state index in [1.54, 1.807) is 7.11 Å². The number of rotatable bonds is 7. The van der Waals surface area contributed by atoms with Gasteiger partial charge in [0.2, 0.25) is 11.8 Å². The van der Waals surface area contributed by atoms with E-state index in [4.69, 9.17) is 13.9 Å². The van der Waals surface area contributed by atoms with E-state index in [0.29, 0.717) is 11.8 Å². The van der Waals surface area contributed by atoms with Crippen LogP contribution in [0.3, 0.4) is 0 Å². The zero-order valence-electron chi connectivity index (χ0n) is 17.7. The molecule has 0 unspecified atom stereocenters. The van der Waals surface area contributed by atoms with Crippen molar-refractivity contribution in [3.8, 4) is 17.2 Å². The van der Waals surface area contributed by atoms with Crippen LogP contribution in [0.5, 0.6) is 5.75 Å². The Balaban J connectivity index is 1.47. The van der Waals surface area contributed by atoms with Gasteiger partial charge in [0.15, 0.2) is 0 Å².